The van der Waals surface area contributed by atoms with Crippen molar-refractivity contribution >= 4 is 11.8 Å². The smallest absolute Gasteiger partial charge is 0.191 e. The van der Waals surface area contributed by atoms with Crippen molar-refractivity contribution in [3.05, 3.63) is 40.9 Å². The van der Waals surface area contributed by atoms with Gasteiger partial charge < -0.3 is 20.1 Å². The van der Waals surface area contributed by atoms with Gasteiger partial charge in [-0.05, 0) is 43.7 Å². The Bertz CT molecular complexity index is 784. The van der Waals surface area contributed by atoms with Gasteiger partial charge in [0.05, 0.1) is 12.2 Å². The molecule has 0 amide bonds. The van der Waals surface area contributed by atoms with E-state index in [0.29, 0.717) is 13.1 Å². The molecule has 0 saturated carbocycles. The zero-order chi connectivity index (χ0) is 21.3. The van der Waals surface area contributed by atoms with Crippen LogP contribution >= 0.6 is 0 Å². The summed E-state index contributed by atoms with van der Waals surface area (Å²) < 4.78 is 5.46. The first kappa shape index (κ1) is 22.1. The van der Waals surface area contributed by atoms with E-state index < -0.39 is 0 Å². The van der Waals surface area contributed by atoms with Crippen LogP contribution < -0.4 is 15.5 Å². The van der Waals surface area contributed by atoms with Crippen LogP contribution in [0.4, 0.5) is 5.82 Å². The lowest BCUT2D eigenvalue weighted by Gasteiger charge is -2.31. The number of pyridine rings is 1. The van der Waals surface area contributed by atoms with E-state index in [1.807, 2.05) is 6.20 Å². The second-order valence-electron chi connectivity index (χ2n) is 7.98. The molecule has 7 heteroatoms. The van der Waals surface area contributed by atoms with Gasteiger partial charge in [0.15, 0.2) is 5.96 Å². The van der Waals surface area contributed by atoms with Gasteiger partial charge in [0.1, 0.15) is 11.6 Å². The van der Waals surface area contributed by atoms with Crippen LogP contribution in [0.2, 0.25) is 0 Å². The van der Waals surface area contributed by atoms with E-state index in [2.05, 4.69) is 65.5 Å². The second-order valence-corrected chi connectivity index (χ2v) is 7.98. The summed E-state index contributed by atoms with van der Waals surface area (Å²) in [5.41, 5.74) is 3.27. The van der Waals surface area contributed by atoms with Gasteiger partial charge in [0.25, 0.3) is 0 Å². The largest absolute Gasteiger partial charge is 0.361 e. The number of rotatable bonds is 8. The number of nitrogens with one attached hydrogen (secondary N) is 2. The summed E-state index contributed by atoms with van der Waals surface area (Å²) in [6.07, 6.45) is 6.15. The molecule has 0 atom stereocenters. The lowest BCUT2D eigenvalue weighted by Crippen LogP contribution is -2.37. The quantitative estimate of drug-likeness (QED) is 0.509. The van der Waals surface area contributed by atoms with Gasteiger partial charge in [0, 0.05) is 44.4 Å². The van der Waals surface area contributed by atoms with Crippen LogP contribution in [0, 0.1) is 5.92 Å². The average Bonchev–Trinajstić information content (AvgIpc) is 3.18. The number of aryl methyl sites for hydroxylation is 2. The van der Waals surface area contributed by atoms with Crippen molar-refractivity contribution in [2.24, 2.45) is 10.9 Å². The molecule has 0 aliphatic carbocycles. The standard InChI is InChI=1S/C23H36N6O/c1-5-20-19(21(6-2)30-28-20)16-27-23(24-7-3)26-15-18-8-9-22(25-14-18)29-12-10-17(4)11-13-29/h8-9,14,17H,5-7,10-13,15-16H2,1-4H3,(H2,24,26,27). The molecule has 2 N–H and O–H groups in total. The van der Waals surface area contributed by atoms with Crippen LogP contribution in [-0.2, 0) is 25.9 Å². The molecule has 30 heavy (non-hydrogen) atoms. The van der Waals surface area contributed by atoms with Crippen LogP contribution in [0.1, 0.15) is 63.1 Å². The van der Waals surface area contributed by atoms with Crippen LogP contribution in [0.3, 0.4) is 0 Å². The van der Waals surface area contributed by atoms with Crippen LogP contribution in [0.25, 0.3) is 0 Å². The lowest BCUT2D eigenvalue weighted by atomic mass is 9.99. The molecule has 7 nitrogen and oxygen atoms in total. The number of piperidine rings is 1. The predicted molar refractivity (Wildman–Crippen MR) is 122 cm³/mol. The van der Waals surface area contributed by atoms with Crippen LogP contribution in [0.15, 0.2) is 27.8 Å². The van der Waals surface area contributed by atoms with E-state index in [1.165, 1.54) is 12.8 Å². The molecule has 0 bridgehead atoms. The van der Waals surface area contributed by atoms with Gasteiger partial charge in [-0.15, -0.1) is 0 Å². The first-order valence-electron chi connectivity index (χ1n) is 11.3. The fraction of sp³-hybridized carbons (Fsp3) is 0.609. The molecule has 2 aromatic heterocycles. The fourth-order valence-corrected chi connectivity index (χ4v) is 3.76. The molecular weight excluding hydrogens is 376 g/mol. The zero-order valence-electron chi connectivity index (χ0n) is 18.9. The third-order valence-electron chi connectivity index (χ3n) is 5.72. The molecule has 0 aromatic carbocycles. The SMILES string of the molecule is CCNC(=NCc1ccc(N2CCC(C)CC2)nc1)NCc1c(CC)noc1CC. The van der Waals surface area contributed by atoms with Crippen molar-refractivity contribution < 1.29 is 4.52 Å². The Kier molecular flexibility index (Phi) is 8.11. The maximum atomic E-state index is 5.46. The normalized spacial score (nSPS) is 15.5. The van der Waals surface area contributed by atoms with E-state index >= 15 is 0 Å². The Morgan fingerprint density at radius 2 is 1.97 bits per heavy atom. The highest BCUT2D eigenvalue weighted by Crippen LogP contribution is 2.21. The van der Waals surface area contributed by atoms with E-state index in [9.17, 15) is 0 Å². The summed E-state index contributed by atoms with van der Waals surface area (Å²) in [5, 5.41) is 10.9. The highest BCUT2D eigenvalue weighted by Gasteiger charge is 2.17. The number of guanidine groups is 1. The Morgan fingerprint density at radius 3 is 2.60 bits per heavy atom. The van der Waals surface area contributed by atoms with Crippen molar-refractivity contribution in [1.29, 1.82) is 0 Å². The summed E-state index contributed by atoms with van der Waals surface area (Å²) in [6.45, 7) is 12.8. The Balaban J connectivity index is 1.60. The molecule has 0 spiro atoms. The van der Waals surface area contributed by atoms with E-state index in [4.69, 9.17) is 9.52 Å². The maximum Gasteiger partial charge on any atom is 0.191 e. The first-order chi connectivity index (χ1) is 14.6. The summed E-state index contributed by atoms with van der Waals surface area (Å²) in [7, 11) is 0. The lowest BCUT2D eigenvalue weighted by molar-refractivity contribution is 0.380. The zero-order valence-corrected chi connectivity index (χ0v) is 18.9. The monoisotopic (exact) mass is 412 g/mol. The Morgan fingerprint density at radius 1 is 1.17 bits per heavy atom. The number of nitrogens with zero attached hydrogens (tertiary/aromatic N) is 4. The molecule has 1 saturated heterocycles. The second kappa shape index (κ2) is 11.0. The molecule has 3 rings (SSSR count). The topological polar surface area (TPSA) is 78.6 Å². The molecule has 164 valence electrons. The number of anilines is 1. The molecule has 1 aliphatic heterocycles. The van der Waals surface area contributed by atoms with Crippen LogP contribution in [0.5, 0.6) is 0 Å². The number of aromatic nitrogens is 2. The van der Waals surface area contributed by atoms with Crippen molar-refractivity contribution in [1.82, 2.24) is 20.8 Å². The minimum atomic E-state index is 0.588. The Labute approximate surface area is 180 Å². The van der Waals surface area contributed by atoms with Gasteiger partial charge in [-0.3, -0.25) is 0 Å². The molecule has 1 aliphatic rings. The minimum absolute atomic E-state index is 0.588. The molecule has 0 unspecified atom stereocenters. The van der Waals surface area contributed by atoms with Gasteiger partial charge in [0.2, 0.25) is 0 Å². The summed E-state index contributed by atoms with van der Waals surface area (Å²) >= 11 is 0. The first-order valence-corrected chi connectivity index (χ1v) is 11.3. The highest BCUT2D eigenvalue weighted by molar-refractivity contribution is 5.79. The summed E-state index contributed by atoms with van der Waals surface area (Å²) in [5.74, 6) is 3.64. The number of aliphatic imine (C=N–C) groups is 1. The van der Waals surface area contributed by atoms with Crippen molar-refractivity contribution in [3.63, 3.8) is 0 Å². The maximum absolute atomic E-state index is 5.46. The van der Waals surface area contributed by atoms with E-state index in [1.54, 1.807) is 0 Å². The summed E-state index contributed by atoms with van der Waals surface area (Å²) in [6, 6.07) is 4.26. The number of hydrogen-bond acceptors (Lipinski definition) is 5. The van der Waals surface area contributed by atoms with Gasteiger partial charge in [-0.25, -0.2) is 9.98 Å². The Hall–Kier alpha value is -2.57. The van der Waals surface area contributed by atoms with Gasteiger partial charge >= 0.3 is 0 Å². The third-order valence-corrected chi connectivity index (χ3v) is 5.72. The number of hydrogen-bond donors (Lipinski definition) is 2. The van der Waals surface area contributed by atoms with Crippen molar-refractivity contribution in [3.8, 4) is 0 Å². The average molecular weight is 413 g/mol. The van der Waals surface area contributed by atoms with Crippen molar-refractivity contribution in [2.45, 2.75) is 66.5 Å². The molecule has 3 heterocycles. The van der Waals surface area contributed by atoms with Crippen LogP contribution in [-0.4, -0.2) is 35.7 Å². The van der Waals surface area contributed by atoms with Gasteiger partial charge in [-0.2, -0.15) is 0 Å². The summed E-state index contributed by atoms with van der Waals surface area (Å²) in [4.78, 5) is 11.8. The van der Waals surface area contributed by atoms with Crippen molar-refractivity contribution in [2.75, 3.05) is 24.5 Å². The fourth-order valence-electron chi connectivity index (χ4n) is 3.76. The molecular formula is C23H36N6O. The predicted octanol–water partition coefficient (Wildman–Crippen LogP) is 3.69. The molecule has 2 aromatic rings. The van der Waals surface area contributed by atoms with Gasteiger partial charge in [-0.1, -0.05) is 32.0 Å². The molecule has 0 radical (unpaired) electrons. The minimum Gasteiger partial charge on any atom is -0.361 e. The van der Waals surface area contributed by atoms with E-state index in [0.717, 1.165) is 72.8 Å². The third kappa shape index (κ3) is 5.74. The van der Waals surface area contributed by atoms with E-state index in [-0.39, 0.29) is 0 Å². The highest BCUT2D eigenvalue weighted by atomic mass is 16.5. The molecule has 1 fully saturated rings.